The number of halogens is 1. The SMILES string of the molecule is CC(C)(C)NC(=O)c1cccc(CN=C(N)Nc2cccc3c2CCCC3)c1.I. The summed E-state index contributed by atoms with van der Waals surface area (Å²) in [6, 6.07) is 13.8. The molecule has 0 bridgehead atoms. The predicted octanol–water partition coefficient (Wildman–Crippen LogP) is 4.64. The standard InChI is InChI=1S/C23H30N4O.HI/c1-23(2,3)27-21(28)18-11-6-8-16(14-18)15-25-22(24)26-20-13-7-10-17-9-4-5-12-19(17)20;/h6-8,10-11,13-14H,4-5,9,12,15H2,1-3H3,(H,27,28)(H3,24,25,26);1H. The Kier molecular flexibility index (Phi) is 8.07. The van der Waals surface area contributed by atoms with Gasteiger partial charge < -0.3 is 16.4 Å². The van der Waals surface area contributed by atoms with Crippen molar-refractivity contribution in [3.8, 4) is 0 Å². The van der Waals surface area contributed by atoms with E-state index in [1.54, 1.807) is 0 Å². The van der Waals surface area contributed by atoms with Crippen LogP contribution in [-0.2, 0) is 19.4 Å². The van der Waals surface area contributed by atoms with E-state index in [0.717, 1.165) is 24.1 Å². The number of nitrogens with one attached hydrogen (secondary N) is 2. The third kappa shape index (κ3) is 6.73. The van der Waals surface area contributed by atoms with Crippen LogP contribution in [0, 0.1) is 0 Å². The van der Waals surface area contributed by atoms with Gasteiger partial charge in [0.25, 0.3) is 5.91 Å². The van der Waals surface area contributed by atoms with Gasteiger partial charge in [0, 0.05) is 16.8 Å². The molecule has 5 nitrogen and oxygen atoms in total. The number of carbonyl (C=O) groups excluding carboxylic acids is 1. The summed E-state index contributed by atoms with van der Waals surface area (Å²) in [4.78, 5) is 16.8. The highest BCUT2D eigenvalue weighted by atomic mass is 127. The molecule has 2 aromatic rings. The van der Waals surface area contributed by atoms with Crippen molar-refractivity contribution in [2.24, 2.45) is 10.7 Å². The van der Waals surface area contributed by atoms with E-state index in [9.17, 15) is 4.79 Å². The van der Waals surface area contributed by atoms with E-state index >= 15 is 0 Å². The zero-order valence-electron chi connectivity index (χ0n) is 17.4. The van der Waals surface area contributed by atoms with Gasteiger partial charge in [-0.2, -0.15) is 0 Å². The fraction of sp³-hybridized carbons (Fsp3) is 0.391. The molecular formula is C23H31IN4O. The van der Waals surface area contributed by atoms with Gasteiger partial charge in [0.1, 0.15) is 0 Å². The van der Waals surface area contributed by atoms with Crippen LogP contribution in [-0.4, -0.2) is 17.4 Å². The van der Waals surface area contributed by atoms with Crippen molar-refractivity contribution in [2.45, 2.75) is 58.5 Å². The lowest BCUT2D eigenvalue weighted by molar-refractivity contribution is 0.0919. The molecule has 0 heterocycles. The molecule has 0 unspecified atom stereocenters. The largest absolute Gasteiger partial charge is 0.370 e. The highest BCUT2D eigenvalue weighted by Crippen LogP contribution is 2.27. The van der Waals surface area contributed by atoms with E-state index in [-0.39, 0.29) is 35.4 Å². The van der Waals surface area contributed by atoms with Crippen molar-refractivity contribution in [2.75, 3.05) is 5.32 Å². The van der Waals surface area contributed by atoms with Crippen LogP contribution in [0.5, 0.6) is 0 Å². The van der Waals surface area contributed by atoms with Crippen LogP contribution >= 0.6 is 24.0 Å². The minimum absolute atomic E-state index is 0. The number of hydrogen-bond donors (Lipinski definition) is 3. The van der Waals surface area contributed by atoms with Gasteiger partial charge in [0.2, 0.25) is 0 Å². The van der Waals surface area contributed by atoms with Gasteiger partial charge in [-0.25, -0.2) is 4.99 Å². The number of nitrogens with two attached hydrogens (primary N) is 1. The van der Waals surface area contributed by atoms with E-state index in [2.05, 4.69) is 33.8 Å². The van der Waals surface area contributed by atoms with Crippen LogP contribution in [0.1, 0.15) is 60.7 Å². The number of nitrogens with zero attached hydrogens (tertiary/aromatic N) is 1. The number of carbonyl (C=O) groups is 1. The third-order valence-corrected chi connectivity index (χ3v) is 4.77. The average molecular weight is 506 g/mol. The summed E-state index contributed by atoms with van der Waals surface area (Å²) < 4.78 is 0. The van der Waals surface area contributed by atoms with E-state index in [0.29, 0.717) is 18.1 Å². The summed E-state index contributed by atoms with van der Waals surface area (Å²) >= 11 is 0. The van der Waals surface area contributed by atoms with Gasteiger partial charge in [0.15, 0.2) is 5.96 Å². The number of rotatable bonds is 4. The topological polar surface area (TPSA) is 79.5 Å². The molecule has 6 heteroatoms. The van der Waals surface area contributed by atoms with Gasteiger partial charge in [0.05, 0.1) is 6.54 Å². The Morgan fingerprint density at radius 3 is 2.59 bits per heavy atom. The summed E-state index contributed by atoms with van der Waals surface area (Å²) in [6.07, 6.45) is 4.67. The highest BCUT2D eigenvalue weighted by Gasteiger charge is 2.15. The molecule has 0 aliphatic heterocycles. The van der Waals surface area contributed by atoms with E-state index in [1.807, 2.05) is 45.0 Å². The van der Waals surface area contributed by atoms with E-state index in [4.69, 9.17) is 5.73 Å². The highest BCUT2D eigenvalue weighted by molar-refractivity contribution is 14.0. The predicted molar refractivity (Wildman–Crippen MR) is 131 cm³/mol. The first-order valence-corrected chi connectivity index (χ1v) is 9.91. The Balaban J connectivity index is 0.00000300. The first-order chi connectivity index (χ1) is 13.3. The van der Waals surface area contributed by atoms with Crippen molar-refractivity contribution in [1.82, 2.24) is 5.32 Å². The molecule has 0 spiro atoms. The van der Waals surface area contributed by atoms with Gasteiger partial charge in [-0.15, -0.1) is 24.0 Å². The Morgan fingerprint density at radius 2 is 1.83 bits per heavy atom. The molecule has 4 N–H and O–H groups in total. The minimum Gasteiger partial charge on any atom is -0.370 e. The van der Waals surface area contributed by atoms with Crippen molar-refractivity contribution in [3.05, 3.63) is 64.7 Å². The first-order valence-electron chi connectivity index (χ1n) is 9.91. The molecule has 0 aromatic heterocycles. The maximum absolute atomic E-state index is 12.3. The summed E-state index contributed by atoms with van der Waals surface area (Å²) in [5, 5.41) is 6.23. The maximum Gasteiger partial charge on any atom is 0.251 e. The van der Waals surface area contributed by atoms with Crippen molar-refractivity contribution < 1.29 is 4.79 Å². The summed E-state index contributed by atoms with van der Waals surface area (Å²) in [7, 11) is 0. The molecule has 1 aliphatic rings. The molecule has 1 aliphatic carbocycles. The monoisotopic (exact) mass is 506 g/mol. The van der Waals surface area contributed by atoms with Gasteiger partial charge in [-0.3, -0.25) is 4.79 Å². The van der Waals surface area contributed by atoms with Gasteiger partial charge in [-0.05, 0) is 81.3 Å². The van der Waals surface area contributed by atoms with Crippen LogP contribution in [0.25, 0.3) is 0 Å². The van der Waals surface area contributed by atoms with Crippen LogP contribution in [0.4, 0.5) is 5.69 Å². The molecule has 0 saturated heterocycles. The molecule has 156 valence electrons. The second-order valence-corrected chi connectivity index (χ2v) is 8.38. The normalized spacial score (nSPS) is 13.8. The van der Waals surface area contributed by atoms with Crippen molar-refractivity contribution in [3.63, 3.8) is 0 Å². The fourth-order valence-electron chi connectivity index (χ4n) is 3.48. The zero-order valence-corrected chi connectivity index (χ0v) is 19.7. The summed E-state index contributed by atoms with van der Waals surface area (Å²) in [5.74, 6) is 0.309. The lowest BCUT2D eigenvalue weighted by Crippen LogP contribution is -2.40. The number of amides is 1. The van der Waals surface area contributed by atoms with Crippen LogP contribution < -0.4 is 16.4 Å². The van der Waals surface area contributed by atoms with Gasteiger partial charge in [-0.1, -0.05) is 24.3 Å². The molecular weight excluding hydrogens is 475 g/mol. The summed E-state index contributed by atoms with van der Waals surface area (Å²) in [5.41, 5.74) is 11.2. The number of benzene rings is 2. The smallest absolute Gasteiger partial charge is 0.251 e. The number of fused-ring (bicyclic) bond motifs is 1. The van der Waals surface area contributed by atoms with Gasteiger partial charge >= 0.3 is 0 Å². The molecule has 3 rings (SSSR count). The number of hydrogen-bond acceptors (Lipinski definition) is 2. The molecule has 1 amide bonds. The van der Waals surface area contributed by atoms with Crippen LogP contribution in [0.3, 0.4) is 0 Å². The number of aliphatic imine (C=N–C) groups is 1. The van der Waals surface area contributed by atoms with Crippen molar-refractivity contribution >= 4 is 41.5 Å². The number of anilines is 1. The second-order valence-electron chi connectivity index (χ2n) is 8.38. The van der Waals surface area contributed by atoms with Crippen LogP contribution in [0.15, 0.2) is 47.5 Å². The molecule has 0 radical (unpaired) electrons. The Bertz CT molecular complexity index is 887. The molecule has 2 aromatic carbocycles. The maximum atomic E-state index is 12.3. The minimum atomic E-state index is -0.269. The lowest BCUT2D eigenvalue weighted by Gasteiger charge is -2.20. The molecule has 0 fully saturated rings. The molecule has 0 saturated carbocycles. The lowest BCUT2D eigenvalue weighted by atomic mass is 9.90. The zero-order chi connectivity index (χ0) is 20.1. The quantitative estimate of drug-likeness (QED) is 0.321. The number of guanidine groups is 1. The second kappa shape index (κ2) is 10.1. The number of aryl methyl sites for hydroxylation is 1. The third-order valence-electron chi connectivity index (χ3n) is 4.77. The van der Waals surface area contributed by atoms with E-state index in [1.165, 1.54) is 24.0 Å². The Labute approximate surface area is 190 Å². The van der Waals surface area contributed by atoms with Crippen LogP contribution in [0.2, 0.25) is 0 Å². The fourth-order valence-corrected chi connectivity index (χ4v) is 3.48. The average Bonchev–Trinajstić information content (AvgIpc) is 2.66. The molecule has 29 heavy (non-hydrogen) atoms. The Morgan fingerprint density at radius 1 is 1.10 bits per heavy atom. The molecule has 0 atom stereocenters. The van der Waals surface area contributed by atoms with Crippen molar-refractivity contribution in [1.29, 1.82) is 0 Å². The first kappa shape index (κ1) is 23.2. The van der Waals surface area contributed by atoms with E-state index < -0.39 is 0 Å². The Hall–Kier alpha value is -2.09. The summed E-state index contributed by atoms with van der Waals surface area (Å²) in [6.45, 7) is 6.32.